The van der Waals surface area contributed by atoms with Crippen LogP contribution in [-0.4, -0.2) is 24.3 Å². The molecule has 27 heavy (non-hydrogen) atoms. The summed E-state index contributed by atoms with van der Waals surface area (Å²) >= 11 is 0. The van der Waals surface area contributed by atoms with E-state index in [1.165, 1.54) is 6.26 Å². The van der Waals surface area contributed by atoms with Crippen molar-refractivity contribution >= 4 is 16.8 Å². The van der Waals surface area contributed by atoms with E-state index >= 15 is 0 Å². The smallest absolute Gasteiger partial charge is 0.257 e. The lowest BCUT2D eigenvalue weighted by Crippen LogP contribution is -2.30. The van der Waals surface area contributed by atoms with Crippen LogP contribution in [-0.2, 0) is 13.1 Å². The molecule has 3 aromatic rings. The third kappa shape index (κ3) is 3.40. The Balaban J connectivity index is 2.12. The van der Waals surface area contributed by atoms with Gasteiger partial charge in [-0.05, 0) is 18.2 Å². The number of fused-ring (bicyclic) bond motifs is 1. The van der Waals surface area contributed by atoms with Gasteiger partial charge in [-0.2, -0.15) is 0 Å². The molecule has 0 radical (unpaired) electrons. The number of aromatic nitrogens is 1. The van der Waals surface area contributed by atoms with Gasteiger partial charge in [0.05, 0.1) is 37.4 Å². The summed E-state index contributed by atoms with van der Waals surface area (Å²) in [6, 6.07) is 4.03. The van der Waals surface area contributed by atoms with Crippen LogP contribution in [0.25, 0.3) is 10.9 Å². The normalized spacial score (nSPS) is 11.0. The molecule has 0 saturated heterocycles. The first-order chi connectivity index (χ1) is 13.0. The second-order valence-corrected chi connectivity index (χ2v) is 5.62. The number of hydrogen-bond donors (Lipinski definition) is 1. The number of pyridine rings is 1. The third-order valence-electron chi connectivity index (χ3n) is 3.99. The number of nitrogens with one attached hydrogen (secondary N) is 1. The largest absolute Gasteiger partial charge is 0.491 e. The van der Waals surface area contributed by atoms with Gasteiger partial charge in [0, 0.05) is 6.20 Å². The molecule has 3 rings (SSSR count). The minimum atomic E-state index is -1.14. The molecule has 0 saturated carbocycles. The quantitative estimate of drug-likeness (QED) is 0.714. The van der Waals surface area contributed by atoms with Gasteiger partial charge in [-0.1, -0.05) is 0 Å². The molecule has 142 valence electrons. The molecule has 0 atom stereocenters. The number of benzene rings is 1. The molecule has 0 aliphatic rings. The first kappa shape index (κ1) is 18.6. The standard InChI is InChI=1S/C18H15F3N2O4/c1-26-17-13(20)7-11-15(14(17)21)23(5-4-19)9-12(16(11)24)18(25)22-8-10-3-2-6-27-10/h2-3,6-7,9H,4-5,8H2,1H3,(H,22,25). The molecule has 6 nitrogen and oxygen atoms in total. The van der Waals surface area contributed by atoms with E-state index in [4.69, 9.17) is 4.42 Å². The van der Waals surface area contributed by atoms with Crippen molar-refractivity contribution in [1.29, 1.82) is 0 Å². The van der Waals surface area contributed by atoms with Crippen LogP contribution in [0, 0.1) is 11.6 Å². The second-order valence-electron chi connectivity index (χ2n) is 5.62. The molecular weight excluding hydrogens is 365 g/mol. The fraction of sp³-hybridized carbons (Fsp3) is 0.222. The lowest BCUT2D eigenvalue weighted by Gasteiger charge is -2.14. The average molecular weight is 380 g/mol. The molecule has 2 heterocycles. The summed E-state index contributed by atoms with van der Waals surface area (Å²) in [5, 5.41) is 2.09. The minimum Gasteiger partial charge on any atom is -0.491 e. The van der Waals surface area contributed by atoms with Crippen LogP contribution in [0.1, 0.15) is 16.1 Å². The molecule has 0 spiro atoms. The highest BCUT2D eigenvalue weighted by molar-refractivity contribution is 5.97. The maximum atomic E-state index is 14.6. The molecule has 1 N–H and O–H groups in total. The number of amides is 1. The zero-order chi connectivity index (χ0) is 19.6. The summed E-state index contributed by atoms with van der Waals surface area (Å²) in [6.07, 6.45) is 2.47. The van der Waals surface area contributed by atoms with Gasteiger partial charge in [-0.25, -0.2) is 13.2 Å². The van der Waals surface area contributed by atoms with Crippen molar-refractivity contribution in [3.05, 3.63) is 63.8 Å². The van der Waals surface area contributed by atoms with E-state index < -0.39 is 35.4 Å². The Morgan fingerprint density at radius 3 is 2.78 bits per heavy atom. The van der Waals surface area contributed by atoms with Crippen LogP contribution in [0.5, 0.6) is 5.75 Å². The Bertz CT molecular complexity index is 1050. The molecule has 0 bridgehead atoms. The van der Waals surface area contributed by atoms with Crippen molar-refractivity contribution in [3.8, 4) is 5.75 Å². The van der Waals surface area contributed by atoms with Crippen molar-refractivity contribution in [2.75, 3.05) is 13.8 Å². The number of furan rings is 1. The van der Waals surface area contributed by atoms with Gasteiger partial charge in [-0.3, -0.25) is 9.59 Å². The summed E-state index contributed by atoms with van der Waals surface area (Å²) < 4.78 is 52.4. The molecule has 1 aromatic carbocycles. The Labute approximate surface area is 151 Å². The third-order valence-corrected chi connectivity index (χ3v) is 3.99. The number of nitrogens with zero attached hydrogens (tertiary/aromatic N) is 1. The molecular formula is C18H15F3N2O4. The van der Waals surface area contributed by atoms with Gasteiger partial charge in [0.25, 0.3) is 5.91 Å². The predicted molar refractivity (Wildman–Crippen MR) is 90.5 cm³/mol. The zero-order valence-corrected chi connectivity index (χ0v) is 14.2. The summed E-state index contributed by atoms with van der Waals surface area (Å²) in [5.74, 6) is -3.25. The second kappa shape index (κ2) is 7.56. The van der Waals surface area contributed by atoms with Crippen LogP contribution < -0.4 is 15.5 Å². The maximum absolute atomic E-state index is 14.6. The fourth-order valence-electron chi connectivity index (χ4n) is 2.76. The minimum absolute atomic E-state index is 0.0117. The summed E-state index contributed by atoms with van der Waals surface area (Å²) in [7, 11) is 1.07. The van der Waals surface area contributed by atoms with Crippen LogP contribution in [0.15, 0.2) is 39.9 Å². The van der Waals surface area contributed by atoms with Crippen LogP contribution >= 0.6 is 0 Å². The number of ether oxygens (including phenoxy) is 1. The fourth-order valence-corrected chi connectivity index (χ4v) is 2.76. The van der Waals surface area contributed by atoms with Gasteiger partial charge >= 0.3 is 0 Å². The van der Waals surface area contributed by atoms with E-state index in [-0.39, 0.29) is 29.6 Å². The molecule has 9 heteroatoms. The monoisotopic (exact) mass is 380 g/mol. The number of rotatable bonds is 6. The molecule has 1 amide bonds. The van der Waals surface area contributed by atoms with E-state index in [1.807, 2.05) is 0 Å². The highest BCUT2D eigenvalue weighted by Gasteiger charge is 2.22. The summed E-state index contributed by atoms with van der Waals surface area (Å²) in [5.41, 5.74) is -1.58. The summed E-state index contributed by atoms with van der Waals surface area (Å²) in [6.45, 7) is -1.21. The number of carbonyl (C=O) groups excluding carboxylic acids is 1. The van der Waals surface area contributed by atoms with E-state index in [2.05, 4.69) is 10.1 Å². The van der Waals surface area contributed by atoms with E-state index in [1.54, 1.807) is 12.1 Å². The Morgan fingerprint density at radius 2 is 2.15 bits per heavy atom. The molecule has 2 aromatic heterocycles. The molecule has 0 aliphatic carbocycles. The highest BCUT2D eigenvalue weighted by Crippen LogP contribution is 2.28. The molecule has 0 fully saturated rings. The lowest BCUT2D eigenvalue weighted by molar-refractivity contribution is 0.0946. The maximum Gasteiger partial charge on any atom is 0.257 e. The van der Waals surface area contributed by atoms with Crippen molar-refractivity contribution in [2.45, 2.75) is 13.1 Å². The van der Waals surface area contributed by atoms with Gasteiger partial charge in [0.1, 0.15) is 18.0 Å². The van der Waals surface area contributed by atoms with E-state index in [0.717, 1.165) is 23.9 Å². The van der Waals surface area contributed by atoms with Gasteiger partial charge < -0.3 is 19.0 Å². The SMILES string of the molecule is COc1c(F)cc2c(=O)c(C(=O)NCc3ccco3)cn(CCF)c2c1F. The van der Waals surface area contributed by atoms with Crippen LogP contribution in [0.2, 0.25) is 0 Å². The van der Waals surface area contributed by atoms with Crippen molar-refractivity contribution in [2.24, 2.45) is 0 Å². The average Bonchev–Trinajstić information content (AvgIpc) is 3.16. The number of alkyl halides is 1. The van der Waals surface area contributed by atoms with Crippen molar-refractivity contribution in [3.63, 3.8) is 0 Å². The number of carbonyl (C=O) groups is 1. The van der Waals surface area contributed by atoms with E-state index in [9.17, 15) is 22.8 Å². The van der Waals surface area contributed by atoms with Gasteiger partial charge in [0.15, 0.2) is 17.4 Å². The number of hydrogen-bond acceptors (Lipinski definition) is 4. The summed E-state index contributed by atoms with van der Waals surface area (Å²) in [4.78, 5) is 25.0. The first-order valence-electron chi connectivity index (χ1n) is 7.93. The Morgan fingerprint density at radius 1 is 1.37 bits per heavy atom. The number of aryl methyl sites for hydroxylation is 1. The topological polar surface area (TPSA) is 73.5 Å². The van der Waals surface area contributed by atoms with E-state index in [0.29, 0.717) is 5.76 Å². The molecule has 0 unspecified atom stereocenters. The lowest BCUT2D eigenvalue weighted by atomic mass is 10.1. The van der Waals surface area contributed by atoms with Gasteiger partial charge in [-0.15, -0.1) is 0 Å². The Hall–Kier alpha value is -3.23. The number of methoxy groups -OCH3 is 1. The van der Waals surface area contributed by atoms with Gasteiger partial charge in [0.2, 0.25) is 5.43 Å². The Kier molecular flexibility index (Phi) is 5.20. The molecule has 0 aliphatic heterocycles. The van der Waals surface area contributed by atoms with Crippen LogP contribution in [0.4, 0.5) is 13.2 Å². The zero-order valence-electron chi connectivity index (χ0n) is 14.2. The predicted octanol–water partition coefficient (Wildman–Crippen LogP) is 2.78. The van der Waals surface area contributed by atoms with Crippen molar-refractivity contribution < 1.29 is 27.1 Å². The first-order valence-corrected chi connectivity index (χ1v) is 7.93. The number of halogens is 3. The van der Waals surface area contributed by atoms with Crippen molar-refractivity contribution in [1.82, 2.24) is 9.88 Å². The van der Waals surface area contributed by atoms with Crippen LogP contribution in [0.3, 0.4) is 0 Å². The highest BCUT2D eigenvalue weighted by atomic mass is 19.1.